The van der Waals surface area contributed by atoms with E-state index in [-0.39, 0.29) is 10.4 Å². The monoisotopic (exact) mass is 372 g/mol. The third-order valence-electron chi connectivity index (χ3n) is 4.35. The van der Waals surface area contributed by atoms with Crippen molar-refractivity contribution in [3.63, 3.8) is 0 Å². The molecule has 1 N–H and O–H groups in total. The molecule has 25 heavy (non-hydrogen) atoms. The van der Waals surface area contributed by atoms with Crippen molar-refractivity contribution in [3.05, 3.63) is 61.5 Å². The van der Waals surface area contributed by atoms with Gasteiger partial charge in [0.25, 0.3) is 5.56 Å². The number of aromatic nitrogens is 2. The summed E-state index contributed by atoms with van der Waals surface area (Å²) in [5.74, 6) is -0.410. The minimum absolute atomic E-state index is 0.166. The van der Waals surface area contributed by atoms with E-state index in [0.29, 0.717) is 39.6 Å². The van der Waals surface area contributed by atoms with Crippen molar-refractivity contribution >= 4 is 50.8 Å². The van der Waals surface area contributed by atoms with Crippen molar-refractivity contribution in [1.29, 1.82) is 0 Å². The van der Waals surface area contributed by atoms with Gasteiger partial charge < -0.3 is 5.11 Å². The number of nitrogens with zero attached hydrogens (tertiary/aromatic N) is 2. The lowest BCUT2D eigenvalue weighted by Crippen LogP contribution is -2.20. The number of halogens is 1. The van der Waals surface area contributed by atoms with Crippen LogP contribution in [0, 0.1) is 6.92 Å². The number of carbonyl (C=O) groups is 1. The minimum Gasteiger partial charge on any atom is -0.477 e. The van der Waals surface area contributed by atoms with Gasteiger partial charge in [-0.25, -0.2) is 9.78 Å². The molecule has 0 saturated carbocycles. The largest absolute Gasteiger partial charge is 0.477 e. The molecule has 0 unspecified atom stereocenters. The zero-order valence-electron chi connectivity index (χ0n) is 13.2. The molecule has 2 aromatic heterocycles. The maximum atomic E-state index is 12.8. The Hall–Kier alpha value is -2.44. The number of carboxylic acid groups (broad SMARTS) is 1. The van der Waals surface area contributed by atoms with Crippen LogP contribution >= 0.6 is 22.9 Å². The summed E-state index contributed by atoms with van der Waals surface area (Å²) in [4.78, 5) is 29.4. The number of aromatic carboxylic acids is 1. The number of fused-ring (bicyclic) bond motifs is 2. The minimum atomic E-state index is -1.03. The number of carboxylic acids is 1. The van der Waals surface area contributed by atoms with Gasteiger partial charge in [-0.3, -0.25) is 9.36 Å². The highest BCUT2D eigenvalue weighted by molar-refractivity contribution is 7.20. The summed E-state index contributed by atoms with van der Waals surface area (Å²) in [6, 6.07) is 7.45. The summed E-state index contributed by atoms with van der Waals surface area (Å²) >= 11 is 6.97. The lowest BCUT2D eigenvalue weighted by molar-refractivity contribution is 0.0701. The molecular weight excluding hydrogens is 360 g/mol. The summed E-state index contributed by atoms with van der Waals surface area (Å²) in [5.41, 5.74) is 2.27. The van der Waals surface area contributed by atoms with Gasteiger partial charge in [0.2, 0.25) is 0 Å². The molecule has 1 aliphatic heterocycles. The quantitative estimate of drug-likeness (QED) is 0.736. The smallest absolute Gasteiger partial charge is 0.346 e. The lowest BCUT2D eigenvalue weighted by atomic mass is 10.1. The SMILES string of the molecule is Cc1c(C(=O)O)sc2nc3n(c(=O)c12)CCC3=Cc1ccc(Cl)cc1. The number of hydrogen-bond acceptors (Lipinski definition) is 4. The van der Waals surface area contributed by atoms with Crippen LogP contribution in [0.25, 0.3) is 21.9 Å². The van der Waals surface area contributed by atoms with Crippen molar-refractivity contribution in [2.24, 2.45) is 0 Å². The van der Waals surface area contributed by atoms with E-state index in [1.54, 1.807) is 11.5 Å². The molecule has 0 atom stereocenters. The molecule has 0 saturated heterocycles. The summed E-state index contributed by atoms with van der Waals surface area (Å²) < 4.78 is 1.63. The van der Waals surface area contributed by atoms with Gasteiger partial charge >= 0.3 is 5.97 Å². The molecule has 0 fully saturated rings. The fourth-order valence-corrected chi connectivity index (χ4v) is 4.25. The van der Waals surface area contributed by atoms with Crippen LogP contribution in [0.5, 0.6) is 0 Å². The summed E-state index contributed by atoms with van der Waals surface area (Å²) in [7, 11) is 0. The fraction of sp³-hybridized carbons (Fsp3) is 0.167. The van der Waals surface area contributed by atoms with Gasteiger partial charge in [-0.05, 0) is 48.3 Å². The molecule has 126 valence electrons. The first-order valence-corrected chi connectivity index (χ1v) is 8.89. The van der Waals surface area contributed by atoms with Gasteiger partial charge in [-0.2, -0.15) is 0 Å². The van der Waals surface area contributed by atoms with E-state index in [2.05, 4.69) is 4.98 Å². The fourth-order valence-electron chi connectivity index (χ4n) is 3.11. The number of benzene rings is 1. The molecule has 0 spiro atoms. The zero-order valence-corrected chi connectivity index (χ0v) is 14.8. The van der Waals surface area contributed by atoms with Crippen LogP contribution < -0.4 is 5.56 Å². The van der Waals surface area contributed by atoms with Crippen LogP contribution in [-0.2, 0) is 6.54 Å². The van der Waals surface area contributed by atoms with Crippen LogP contribution in [-0.4, -0.2) is 20.6 Å². The van der Waals surface area contributed by atoms with Crippen molar-refractivity contribution < 1.29 is 9.90 Å². The molecule has 3 aromatic rings. The van der Waals surface area contributed by atoms with E-state index in [0.717, 1.165) is 22.5 Å². The van der Waals surface area contributed by atoms with Crippen LogP contribution in [0.2, 0.25) is 5.02 Å². The molecule has 0 amide bonds. The molecule has 5 nitrogen and oxygen atoms in total. The van der Waals surface area contributed by atoms with Crippen molar-refractivity contribution in [1.82, 2.24) is 9.55 Å². The van der Waals surface area contributed by atoms with Gasteiger partial charge in [-0.1, -0.05) is 23.7 Å². The summed E-state index contributed by atoms with van der Waals surface area (Å²) in [6.07, 6.45) is 2.71. The lowest BCUT2D eigenvalue weighted by Gasteiger charge is -2.03. The standard InChI is InChI=1S/C18H13ClN2O3S/c1-9-13-16(25-14(9)18(23)24)20-15-11(6-7-21(15)17(13)22)8-10-2-4-12(19)5-3-10/h2-5,8H,6-7H2,1H3,(H,23,24). The van der Waals surface area contributed by atoms with Gasteiger partial charge in [0, 0.05) is 11.6 Å². The highest BCUT2D eigenvalue weighted by Crippen LogP contribution is 2.32. The van der Waals surface area contributed by atoms with Gasteiger partial charge in [0.05, 0.1) is 5.39 Å². The Balaban J connectivity index is 1.90. The molecular formula is C18H13ClN2O3S. The average Bonchev–Trinajstić information content (AvgIpc) is 3.12. The molecule has 0 radical (unpaired) electrons. The third kappa shape index (κ3) is 2.58. The normalized spacial score (nSPS) is 15.0. The first kappa shape index (κ1) is 16.1. The van der Waals surface area contributed by atoms with Crippen molar-refractivity contribution in [2.45, 2.75) is 19.9 Å². The van der Waals surface area contributed by atoms with Gasteiger partial charge in [0.15, 0.2) is 0 Å². The van der Waals surface area contributed by atoms with Crippen LogP contribution in [0.1, 0.15) is 33.0 Å². The van der Waals surface area contributed by atoms with Crippen LogP contribution in [0.15, 0.2) is 29.1 Å². The second kappa shape index (κ2) is 5.82. The summed E-state index contributed by atoms with van der Waals surface area (Å²) in [6.45, 7) is 2.21. The predicted octanol–water partition coefficient (Wildman–Crippen LogP) is 4.06. The Labute approximate surface area is 151 Å². The summed E-state index contributed by atoms with van der Waals surface area (Å²) in [5, 5.41) is 10.4. The Morgan fingerprint density at radius 1 is 1.36 bits per heavy atom. The van der Waals surface area contributed by atoms with Gasteiger partial charge in [0.1, 0.15) is 15.5 Å². The molecule has 7 heteroatoms. The Morgan fingerprint density at radius 3 is 2.76 bits per heavy atom. The predicted molar refractivity (Wildman–Crippen MR) is 99.5 cm³/mol. The number of hydrogen-bond donors (Lipinski definition) is 1. The van der Waals surface area contributed by atoms with E-state index in [1.165, 1.54) is 0 Å². The topological polar surface area (TPSA) is 72.2 Å². The number of thiophene rings is 1. The highest BCUT2D eigenvalue weighted by Gasteiger charge is 2.25. The maximum Gasteiger partial charge on any atom is 0.346 e. The van der Waals surface area contributed by atoms with E-state index >= 15 is 0 Å². The Bertz CT molecular complexity index is 1110. The van der Waals surface area contributed by atoms with E-state index in [1.807, 2.05) is 30.3 Å². The van der Waals surface area contributed by atoms with E-state index < -0.39 is 5.97 Å². The first-order chi connectivity index (χ1) is 12.0. The maximum absolute atomic E-state index is 12.8. The van der Waals surface area contributed by atoms with Crippen molar-refractivity contribution in [3.8, 4) is 0 Å². The average molecular weight is 373 g/mol. The second-order valence-corrected chi connectivity index (χ2v) is 7.34. The molecule has 3 heterocycles. The molecule has 1 aromatic carbocycles. The Morgan fingerprint density at radius 2 is 2.08 bits per heavy atom. The third-order valence-corrected chi connectivity index (χ3v) is 5.77. The van der Waals surface area contributed by atoms with Crippen LogP contribution in [0.3, 0.4) is 0 Å². The van der Waals surface area contributed by atoms with Crippen molar-refractivity contribution in [2.75, 3.05) is 0 Å². The zero-order chi connectivity index (χ0) is 17.7. The van der Waals surface area contributed by atoms with Gasteiger partial charge in [-0.15, -0.1) is 11.3 Å². The van der Waals surface area contributed by atoms with Crippen LogP contribution in [0.4, 0.5) is 0 Å². The van der Waals surface area contributed by atoms with E-state index in [9.17, 15) is 14.7 Å². The second-order valence-electron chi connectivity index (χ2n) is 5.90. The van der Waals surface area contributed by atoms with E-state index in [4.69, 9.17) is 11.6 Å². The number of aryl methyl sites for hydroxylation is 1. The first-order valence-electron chi connectivity index (χ1n) is 7.69. The highest BCUT2D eigenvalue weighted by atomic mass is 35.5. The Kier molecular flexibility index (Phi) is 3.74. The molecule has 0 aliphatic carbocycles. The number of rotatable bonds is 2. The molecule has 1 aliphatic rings. The molecule has 4 rings (SSSR count). The number of allylic oxidation sites excluding steroid dienone is 1. The molecule has 0 bridgehead atoms.